The molecule has 0 aliphatic carbocycles. The van der Waals surface area contributed by atoms with Gasteiger partial charge in [-0.3, -0.25) is 18.7 Å². The predicted octanol–water partition coefficient (Wildman–Crippen LogP) is 1.11. The number of imidazole rings is 1. The molecule has 1 aliphatic heterocycles. The quantitative estimate of drug-likeness (QED) is 0.576. The van der Waals surface area contributed by atoms with Crippen LogP contribution in [0.2, 0.25) is 0 Å². The summed E-state index contributed by atoms with van der Waals surface area (Å²) in [6, 6.07) is 11.4. The molecule has 2 heterocycles. The highest BCUT2D eigenvalue weighted by atomic mass is 16.4. The number of carbonyl (C=O) groups is 2. The van der Waals surface area contributed by atoms with E-state index < -0.39 is 11.9 Å². The van der Waals surface area contributed by atoms with Gasteiger partial charge >= 0.3 is 11.7 Å². The zero-order chi connectivity index (χ0) is 21.4. The number of fused-ring (bicyclic) bond motifs is 2. The second-order valence-electron chi connectivity index (χ2n) is 7.97. The number of amides is 1. The Hall–Kier alpha value is -3.29. The summed E-state index contributed by atoms with van der Waals surface area (Å²) in [6.07, 6.45) is 1.55. The Morgan fingerprint density at radius 2 is 1.90 bits per heavy atom. The lowest BCUT2D eigenvalue weighted by molar-refractivity contribution is -0.142. The van der Waals surface area contributed by atoms with Gasteiger partial charge in [0, 0.05) is 12.2 Å². The van der Waals surface area contributed by atoms with E-state index >= 15 is 0 Å². The van der Waals surface area contributed by atoms with Crippen molar-refractivity contribution >= 4 is 41.9 Å². The van der Waals surface area contributed by atoms with E-state index in [1.807, 2.05) is 51.2 Å². The summed E-state index contributed by atoms with van der Waals surface area (Å²) in [4.78, 5) is 36.9. The Morgan fingerprint density at radius 1 is 1.20 bits per heavy atom. The minimum atomic E-state index is -0.887. The maximum atomic E-state index is 13.4. The summed E-state index contributed by atoms with van der Waals surface area (Å²) in [5.41, 5.74) is 4.92. The maximum absolute atomic E-state index is 13.4. The SMILES string of the molecule is Bc1cc(Cn2c(=O)n(CC(CCC)C(=O)O)c3ccccc32)c2c(c1)NC(=O)C2. The highest BCUT2D eigenvalue weighted by Crippen LogP contribution is 2.27. The molecule has 1 atom stereocenters. The van der Waals surface area contributed by atoms with Gasteiger partial charge in [0.15, 0.2) is 0 Å². The van der Waals surface area contributed by atoms with Crippen LogP contribution in [-0.2, 0) is 29.1 Å². The van der Waals surface area contributed by atoms with Crippen LogP contribution in [0, 0.1) is 5.92 Å². The van der Waals surface area contributed by atoms with Gasteiger partial charge in [0.05, 0.1) is 29.9 Å². The Morgan fingerprint density at radius 3 is 2.57 bits per heavy atom. The molecule has 3 aromatic rings. The van der Waals surface area contributed by atoms with Gasteiger partial charge in [-0.2, -0.15) is 0 Å². The molecular formula is C22H24BN3O4. The predicted molar refractivity (Wildman–Crippen MR) is 118 cm³/mol. The largest absolute Gasteiger partial charge is 0.481 e. The van der Waals surface area contributed by atoms with E-state index in [4.69, 9.17) is 0 Å². The number of anilines is 1. The molecule has 0 spiro atoms. The number of nitrogens with one attached hydrogen (secondary N) is 1. The number of rotatable bonds is 7. The summed E-state index contributed by atoms with van der Waals surface area (Å²) in [5, 5.41) is 12.4. The van der Waals surface area contributed by atoms with Crippen molar-refractivity contribution in [3.05, 3.63) is 58.0 Å². The number of hydrogen-bond donors (Lipinski definition) is 2. The molecule has 1 aromatic heterocycles. The van der Waals surface area contributed by atoms with Crippen LogP contribution in [0.15, 0.2) is 41.2 Å². The minimum Gasteiger partial charge on any atom is -0.481 e. The third kappa shape index (κ3) is 3.53. The molecule has 1 aliphatic rings. The average molecular weight is 405 g/mol. The standard InChI is InChI=1S/C22H24BN3O4/c1-2-5-13(21(28)29)11-25-18-6-3-4-7-19(18)26(22(25)30)12-14-8-15(23)9-17-16(14)10-20(27)24-17/h3-4,6-9,13H,2,5,10-12,23H2,1H3,(H,24,27)(H,28,29). The van der Waals surface area contributed by atoms with Crippen molar-refractivity contribution in [2.45, 2.75) is 39.3 Å². The van der Waals surface area contributed by atoms with E-state index in [0.717, 1.165) is 39.7 Å². The number of hydrogen-bond acceptors (Lipinski definition) is 3. The first-order valence-electron chi connectivity index (χ1n) is 10.2. The van der Waals surface area contributed by atoms with Gasteiger partial charge < -0.3 is 10.4 Å². The van der Waals surface area contributed by atoms with Crippen molar-refractivity contribution in [3.8, 4) is 0 Å². The number of aliphatic carboxylic acids is 1. The van der Waals surface area contributed by atoms with Gasteiger partial charge in [-0.25, -0.2) is 4.79 Å². The van der Waals surface area contributed by atoms with Crippen LogP contribution in [0.4, 0.5) is 5.69 Å². The molecule has 1 unspecified atom stereocenters. The highest BCUT2D eigenvalue weighted by Gasteiger charge is 2.24. The third-order valence-corrected chi connectivity index (χ3v) is 5.74. The number of carbonyl (C=O) groups excluding carboxylic acids is 1. The summed E-state index contributed by atoms with van der Waals surface area (Å²) in [5.74, 6) is -1.55. The van der Waals surface area contributed by atoms with Crippen molar-refractivity contribution in [2.24, 2.45) is 5.92 Å². The first-order valence-corrected chi connectivity index (χ1v) is 10.2. The molecule has 0 saturated heterocycles. The molecule has 0 saturated carbocycles. The van der Waals surface area contributed by atoms with E-state index in [9.17, 15) is 19.5 Å². The summed E-state index contributed by atoms with van der Waals surface area (Å²) < 4.78 is 3.25. The molecule has 0 radical (unpaired) electrons. The third-order valence-electron chi connectivity index (χ3n) is 5.74. The highest BCUT2D eigenvalue weighted by molar-refractivity contribution is 6.33. The van der Waals surface area contributed by atoms with Crippen molar-refractivity contribution < 1.29 is 14.7 Å². The Balaban J connectivity index is 1.80. The maximum Gasteiger partial charge on any atom is 0.329 e. The van der Waals surface area contributed by atoms with E-state index in [-0.39, 0.29) is 18.1 Å². The average Bonchev–Trinajstić information content (AvgIpc) is 3.19. The van der Waals surface area contributed by atoms with E-state index in [0.29, 0.717) is 19.4 Å². The van der Waals surface area contributed by atoms with Crippen molar-refractivity contribution in [3.63, 3.8) is 0 Å². The molecule has 154 valence electrons. The van der Waals surface area contributed by atoms with E-state index in [1.165, 1.54) is 0 Å². The van der Waals surface area contributed by atoms with Crippen LogP contribution in [0.25, 0.3) is 11.0 Å². The van der Waals surface area contributed by atoms with E-state index in [2.05, 4.69) is 5.32 Å². The van der Waals surface area contributed by atoms with Crippen LogP contribution >= 0.6 is 0 Å². The van der Waals surface area contributed by atoms with Crippen molar-refractivity contribution in [1.29, 1.82) is 0 Å². The smallest absolute Gasteiger partial charge is 0.329 e. The van der Waals surface area contributed by atoms with Crippen LogP contribution < -0.4 is 16.5 Å². The van der Waals surface area contributed by atoms with E-state index in [1.54, 1.807) is 9.13 Å². The second-order valence-corrected chi connectivity index (χ2v) is 7.97. The molecule has 2 aromatic carbocycles. The molecule has 4 rings (SSSR count). The summed E-state index contributed by atoms with van der Waals surface area (Å²) >= 11 is 0. The van der Waals surface area contributed by atoms with Gasteiger partial charge in [0.2, 0.25) is 5.91 Å². The fraction of sp³-hybridized carbons (Fsp3) is 0.318. The Labute approximate surface area is 174 Å². The van der Waals surface area contributed by atoms with Crippen LogP contribution in [0.5, 0.6) is 0 Å². The first kappa shape index (κ1) is 20.0. The summed E-state index contributed by atoms with van der Waals surface area (Å²) in [6.45, 7) is 2.41. The number of nitrogens with zero attached hydrogens (tertiary/aromatic N) is 2. The zero-order valence-corrected chi connectivity index (χ0v) is 17.1. The van der Waals surface area contributed by atoms with Gasteiger partial charge in [0.1, 0.15) is 7.85 Å². The van der Waals surface area contributed by atoms with Crippen LogP contribution in [-0.4, -0.2) is 34.0 Å². The lowest BCUT2D eigenvalue weighted by Gasteiger charge is -2.12. The molecule has 1 amide bonds. The number of para-hydroxylation sites is 2. The molecule has 30 heavy (non-hydrogen) atoms. The molecule has 0 bridgehead atoms. The van der Waals surface area contributed by atoms with Crippen molar-refractivity contribution in [2.75, 3.05) is 5.32 Å². The van der Waals surface area contributed by atoms with Gasteiger partial charge in [0.25, 0.3) is 0 Å². The number of carboxylic acids is 1. The van der Waals surface area contributed by atoms with Gasteiger partial charge in [-0.15, -0.1) is 0 Å². The monoisotopic (exact) mass is 405 g/mol. The Bertz CT molecular complexity index is 1210. The van der Waals surface area contributed by atoms with Crippen molar-refractivity contribution in [1.82, 2.24) is 9.13 Å². The molecule has 8 heteroatoms. The minimum absolute atomic E-state index is 0.0458. The fourth-order valence-corrected chi connectivity index (χ4v) is 4.34. The lowest BCUT2D eigenvalue weighted by Crippen LogP contribution is -2.30. The first-order chi connectivity index (χ1) is 14.4. The number of benzene rings is 2. The zero-order valence-electron chi connectivity index (χ0n) is 17.1. The fourth-order valence-electron chi connectivity index (χ4n) is 4.34. The van der Waals surface area contributed by atoms with Crippen LogP contribution in [0.1, 0.15) is 30.9 Å². The number of aromatic nitrogens is 2. The molecule has 0 fully saturated rings. The lowest BCUT2D eigenvalue weighted by atomic mass is 9.90. The second kappa shape index (κ2) is 7.86. The van der Waals surface area contributed by atoms with Gasteiger partial charge in [-0.05, 0) is 35.7 Å². The molecule has 2 N–H and O–H groups in total. The van der Waals surface area contributed by atoms with Crippen LogP contribution in [0.3, 0.4) is 0 Å². The Kier molecular flexibility index (Phi) is 5.24. The normalized spacial score (nSPS) is 14.0. The number of carboxylic acid groups (broad SMARTS) is 1. The van der Waals surface area contributed by atoms with Gasteiger partial charge in [-0.1, -0.05) is 37.0 Å². The topological polar surface area (TPSA) is 93.3 Å². The molecular weight excluding hydrogens is 381 g/mol. The molecule has 7 nitrogen and oxygen atoms in total. The summed E-state index contributed by atoms with van der Waals surface area (Å²) in [7, 11) is 1.96.